The fourth-order valence-corrected chi connectivity index (χ4v) is 4.24. The van der Waals surface area contributed by atoms with Gasteiger partial charge >= 0.3 is 0 Å². The van der Waals surface area contributed by atoms with Crippen molar-refractivity contribution in [3.8, 4) is 0 Å². The maximum atomic E-state index is 6.16. The van der Waals surface area contributed by atoms with E-state index < -0.39 is 0 Å². The van der Waals surface area contributed by atoms with Crippen molar-refractivity contribution in [1.82, 2.24) is 15.1 Å². The van der Waals surface area contributed by atoms with Gasteiger partial charge < -0.3 is 15.8 Å². The smallest absolute Gasteiger partial charge is 0.188 e. The molecule has 1 aromatic heterocycles. The van der Waals surface area contributed by atoms with Crippen LogP contribution in [0.1, 0.15) is 68.0 Å². The second-order valence-corrected chi connectivity index (χ2v) is 7.61. The van der Waals surface area contributed by atoms with Crippen LogP contribution in [-0.4, -0.2) is 34.9 Å². The summed E-state index contributed by atoms with van der Waals surface area (Å²) < 4.78 is 7.98. The van der Waals surface area contributed by atoms with Crippen LogP contribution in [0.15, 0.2) is 4.99 Å². The maximum Gasteiger partial charge on any atom is 0.188 e. The molecule has 2 atom stereocenters. The van der Waals surface area contributed by atoms with Gasteiger partial charge in [0.2, 0.25) is 0 Å². The molecule has 0 radical (unpaired) electrons. The molecular weight excluding hydrogens is 314 g/mol. The first-order chi connectivity index (χ1) is 12.1. The summed E-state index contributed by atoms with van der Waals surface area (Å²) in [6, 6.07) is 0.490. The van der Waals surface area contributed by atoms with E-state index in [4.69, 9.17) is 10.5 Å². The molecule has 6 heteroatoms. The van der Waals surface area contributed by atoms with Gasteiger partial charge in [0.25, 0.3) is 0 Å². The quantitative estimate of drug-likeness (QED) is 0.499. The number of hydrogen-bond donors (Lipinski definition) is 2. The lowest BCUT2D eigenvalue weighted by atomic mass is 9.94. The van der Waals surface area contributed by atoms with Crippen LogP contribution in [0.25, 0.3) is 0 Å². The van der Waals surface area contributed by atoms with Crippen LogP contribution in [0.4, 0.5) is 0 Å². The first-order valence-electron chi connectivity index (χ1n) is 9.74. The Morgan fingerprint density at radius 2 is 1.96 bits per heavy atom. The van der Waals surface area contributed by atoms with Gasteiger partial charge in [-0.3, -0.25) is 9.67 Å². The van der Waals surface area contributed by atoms with E-state index in [1.54, 1.807) is 0 Å². The number of aromatic nitrogens is 2. The van der Waals surface area contributed by atoms with E-state index in [0.717, 1.165) is 18.7 Å². The van der Waals surface area contributed by atoms with Gasteiger partial charge in [0.05, 0.1) is 11.8 Å². The number of aryl methyl sites for hydroxylation is 2. The Hall–Kier alpha value is -1.56. The Bertz CT molecular complexity index is 601. The highest BCUT2D eigenvalue weighted by atomic mass is 16.5. The van der Waals surface area contributed by atoms with Crippen LogP contribution in [-0.2, 0) is 11.8 Å². The molecule has 2 aliphatic rings. The molecule has 0 bridgehead atoms. The lowest BCUT2D eigenvalue weighted by molar-refractivity contribution is 0.0915. The lowest BCUT2D eigenvalue weighted by Gasteiger charge is -2.19. The molecule has 1 aliphatic carbocycles. The second-order valence-electron chi connectivity index (χ2n) is 7.61. The molecule has 1 saturated heterocycles. The minimum Gasteiger partial charge on any atom is -0.373 e. The van der Waals surface area contributed by atoms with Gasteiger partial charge in [-0.25, -0.2) is 0 Å². The predicted octanol–water partition coefficient (Wildman–Crippen LogP) is 2.74. The minimum atomic E-state index is 0.0862. The number of nitrogens with one attached hydrogen (secondary N) is 1. The number of ether oxygens (including phenoxy) is 1. The SMILES string of the molecule is Cc1nn(C)c(C)c1[C@@H]1OCC[C@H]1CN=C(N)NC1CCCCCC1. The minimum absolute atomic E-state index is 0.0862. The number of hydrogen-bond acceptors (Lipinski definition) is 3. The summed E-state index contributed by atoms with van der Waals surface area (Å²) in [7, 11) is 1.99. The highest BCUT2D eigenvalue weighted by molar-refractivity contribution is 5.78. The predicted molar refractivity (Wildman–Crippen MR) is 101 cm³/mol. The third-order valence-corrected chi connectivity index (χ3v) is 5.77. The highest BCUT2D eigenvalue weighted by Crippen LogP contribution is 2.37. The summed E-state index contributed by atoms with van der Waals surface area (Å²) in [5.74, 6) is 0.966. The molecule has 2 heterocycles. The molecule has 0 aromatic carbocycles. The van der Waals surface area contributed by atoms with Gasteiger partial charge in [0.15, 0.2) is 5.96 Å². The van der Waals surface area contributed by atoms with Crippen LogP contribution < -0.4 is 11.1 Å². The zero-order valence-corrected chi connectivity index (χ0v) is 15.9. The molecule has 1 aromatic rings. The number of nitrogens with zero attached hydrogens (tertiary/aromatic N) is 3. The molecule has 3 N–H and O–H groups in total. The fraction of sp³-hybridized carbons (Fsp3) is 0.789. The number of aliphatic imine (C=N–C) groups is 1. The van der Waals surface area contributed by atoms with E-state index in [9.17, 15) is 0 Å². The molecule has 6 nitrogen and oxygen atoms in total. The van der Waals surface area contributed by atoms with Gasteiger partial charge in [-0.15, -0.1) is 0 Å². The molecule has 3 rings (SSSR count). The van der Waals surface area contributed by atoms with Crippen LogP contribution >= 0.6 is 0 Å². The van der Waals surface area contributed by atoms with E-state index in [1.165, 1.54) is 49.8 Å². The van der Waals surface area contributed by atoms with Crippen LogP contribution in [0.2, 0.25) is 0 Å². The molecule has 0 unspecified atom stereocenters. The van der Waals surface area contributed by atoms with Crippen molar-refractivity contribution in [3.05, 3.63) is 17.0 Å². The Morgan fingerprint density at radius 1 is 1.24 bits per heavy atom. The summed E-state index contributed by atoms with van der Waals surface area (Å²) >= 11 is 0. The largest absolute Gasteiger partial charge is 0.373 e. The molecule has 1 aliphatic heterocycles. The molecular formula is C19H33N5O. The van der Waals surface area contributed by atoms with Gasteiger partial charge in [-0.1, -0.05) is 25.7 Å². The molecule has 0 amide bonds. The summed E-state index contributed by atoms with van der Waals surface area (Å²) in [6.07, 6.45) is 8.81. The van der Waals surface area contributed by atoms with E-state index in [1.807, 2.05) is 11.7 Å². The monoisotopic (exact) mass is 347 g/mol. The van der Waals surface area contributed by atoms with Crippen LogP contribution in [0, 0.1) is 19.8 Å². The fourth-order valence-electron chi connectivity index (χ4n) is 4.24. The number of guanidine groups is 1. The molecule has 2 fully saturated rings. The van der Waals surface area contributed by atoms with Crippen molar-refractivity contribution in [3.63, 3.8) is 0 Å². The van der Waals surface area contributed by atoms with Crippen molar-refractivity contribution in [2.75, 3.05) is 13.2 Å². The van der Waals surface area contributed by atoms with E-state index in [0.29, 0.717) is 24.5 Å². The summed E-state index contributed by atoms with van der Waals surface area (Å²) in [4.78, 5) is 4.65. The summed E-state index contributed by atoms with van der Waals surface area (Å²) in [6.45, 7) is 5.67. The van der Waals surface area contributed by atoms with Crippen molar-refractivity contribution in [1.29, 1.82) is 0 Å². The third kappa shape index (κ3) is 4.35. The Labute approximate surface area is 151 Å². The molecule has 140 valence electrons. The first-order valence-corrected chi connectivity index (χ1v) is 9.74. The molecule has 1 saturated carbocycles. The number of rotatable bonds is 4. The van der Waals surface area contributed by atoms with Crippen molar-refractivity contribution in [2.24, 2.45) is 23.7 Å². The Balaban J connectivity index is 1.61. The third-order valence-electron chi connectivity index (χ3n) is 5.77. The first kappa shape index (κ1) is 18.2. The Kier molecular flexibility index (Phi) is 5.99. The molecule has 0 spiro atoms. The highest BCUT2D eigenvalue weighted by Gasteiger charge is 2.33. The summed E-state index contributed by atoms with van der Waals surface area (Å²) in [5.41, 5.74) is 9.64. The second kappa shape index (κ2) is 8.21. The topological polar surface area (TPSA) is 77.5 Å². The maximum absolute atomic E-state index is 6.16. The zero-order chi connectivity index (χ0) is 17.8. The van der Waals surface area contributed by atoms with E-state index in [-0.39, 0.29) is 6.10 Å². The van der Waals surface area contributed by atoms with Crippen molar-refractivity contribution in [2.45, 2.75) is 70.9 Å². The zero-order valence-electron chi connectivity index (χ0n) is 15.9. The van der Waals surface area contributed by atoms with Gasteiger partial charge in [0, 0.05) is 43.4 Å². The average molecular weight is 348 g/mol. The van der Waals surface area contributed by atoms with Crippen molar-refractivity contribution < 1.29 is 4.74 Å². The normalized spacial score (nSPS) is 26.0. The average Bonchev–Trinajstić information content (AvgIpc) is 3.00. The van der Waals surface area contributed by atoms with E-state index in [2.05, 4.69) is 29.3 Å². The number of nitrogens with two attached hydrogens (primary N) is 1. The van der Waals surface area contributed by atoms with Crippen LogP contribution in [0.3, 0.4) is 0 Å². The van der Waals surface area contributed by atoms with Crippen LogP contribution in [0.5, 0.6) is 0 Å². The standard InChI is InChI=1S/C19H33N5O/c1-13-17(14(2)24(3)23-13)18-15(10-11-25-18)12-21-19(20)22-16-8-6-4-5-7-9-16/h15-16,18H,4-12H2,1-3H3,(H3,20,21,22)/t15-,18+/m0/s1. The molecule has 25 heavy (non-hydrogen) atoms. The van der Waals surface area contributed by atoms with E-state index >= 15 is 0 Å². The lowest BCUT2D eigenvalue weighted by Crippen LogP contribution is -2.40. The van der Waals surface area contributed by atoms with Gasteiger partial charge in [-0.2, -0.15) is 5.10 Å². The summed E-state index contributed by atoms with van der Waals surface area (Å²) in [5, 5.41) is 7.97. The van der Waals surface area contributed by atoms with Gasteiger partial charge in [0.1, 0.15) is 0 Å². The van der Waals surface area contributed by atoms with Gasteiger partial charge in [-0.05, 0) is 33.1 Å². The van der Waals surface area contributed by atoms with Crippen molar-refractivity contribution >= 4 is 5.96 Å². The Morgan fingerprint density at radius 3 is 2.60 bits per heavy atom.